The van der Waals surface area contributed by atoms with E-state index in [4.69, 9.17) is 0 Å². The Hall–Kier alpha value is -2.32. The molecule has 4 rings (SSSR count). The fraction of sp³-hybridized carbons (Fsp3) is 0.130. The zero-order valence-corrected chi connectivity index (χ0v) is 14.7. The number of thioether (sulfide) groups is 1. The lowest BCUT2D eigenvalue weighted by molar-refractivity contribution is 0.627. The second kappa shape index (κ2) is 6.89. The molecule has 0 fully saturated rings. The van der Waals surface area contributed by atoms with Gasteiger partial charge in [-0.1, -0.05) is 78.9 Å². The molecule has 25 heavy (non-hydrogen) atoms. The number of rotatable bonds is 3. The van der Waals surface area contributed by atoms with Crippen molar-refractivity contribution in [1.82, 2.24) is 0 Å². The van der Waals surface area contributed by atoms with E-state index in [0.717, 1.165) is 17.7 Å². The first-order chi connectivity index (χ1) is 12.3. The normalized spacial score (nSPS) is 16.3. The van der Waals surface area contributed by atoms with E-state index in [1.807, 2.05) is 17.8 Å². The molecule has 0 saturated heterocycles. The summed E-state index contributed by atoms with van der Waals surface area (Å²) in [5, 5.41) is 0. The van der Waals surface area contributed by atoms with Gasteiger partial charge in [-0.05, 0) is 40.8 Å². The van der Waals surface area contributed by atoms with E-state index >= 15 is 0 Å². The van der Waals surface area contributed by atoms with Crippen molar-refractivity contribution in [1.29, 1.82) is 0 Å². The van der Waals surface area contributed by atoms with Crippen molar-refractivity contribution in [3.8, 4) is 0 Å². The lowest BCUT2D eigenvalue weighted by atomic mass is 9.86. The Morgan fingerprint density at radius 1 is 0.760 bits per heavy atom. The third-order valence-corrected chi connectivity index (χ3v) is 6.37. The number of halogens is 1. The summed E-state index contributed by atoms with van der Waals surface area (Å²) in [6.07, 6.45) is 3.18. The molecule has 0 aromatic heterocycles. The summed E-state index contributed by atoms with van der Waals surface area (Å²) in [6, 6.07) is 28.3. The molecule has 0 bridgehead atoms. The first-order valence-corrected chi connectivity index (χ1v) is 9.46. The summed E-state index contributed by atoms with van der Waals surface area (Å²) >= 11 is 1.93. The van der Waals surface area contributed by atoms with E-state index in [9.17, 15) is 4.39 Å². The number of hydrogen-bond donors (Lipinski definition) is 0. The number of hydrogen-bond acceptors (Lipinski definition) is 1. The quantitative estimate of drug-likeness (QED) is 0.537. The molecule has 3 aromatic rings. The Morgan fingerprint density at radius 2 is 1.40 bits per heavy atom. The molecule has 3 aromatic carbocycles. The van der Waals surface area contributed by atoms with Gasteiger partial charge in [0.15, 0.2) is 0 Å². The molecule has 0 amide bonds. The van der Waals surface area contributed by atoms with Crippen LogP contribution in [0, 0.1) is 5.82 Å². The fourth-order valence-electron chi connectivity index (χ4n) is 3.46. The SMILES string of the molecule is Fc1cccc(C2=CCC(c3ccccc3)(c3ccccc3)SC2)c1. The molecular weight excluding hydrogens is 327 g/mol. The summed E-state index contributed by atoms with van der Waals surface area (Å²) < 4.78 is 13.5. The molecule has 0 N–H and O–H groups in total. The summed E-state index contributed by atoms with van der Waals surface area (Å²) in [5.41, 5.74) is 4.84. The van der Waals surface area contributed by atoms with Crippen molar-refractivity contribution < 1.29 is 4.39 Å². The van der Waals surface area contributed by atoms with Crippen LogP contribution < -0.4 is 0 Å². The van der Waals surface area contributed by atoms with Crippen molar-refractivity contribution >= 4 is 17.3 Å². The second-order valence-electron chi connectivity index (χ2n) is 6.29. The average Bonchev–Trinajstić information content (AvgIpc) is 2.69. The van der Waals surface area contributed by atoms with Gasteiger partial charge in [-0.25, -0.2) is 4.39 Å². The molecule has 0 unspecified atom stereocenters. The molecule has 1 aliphatic rings. The van der Waals surface area contributed by atoms with Gasteiger partial charge in [0.1, 0.15) is 5.82 Å². The minimum atomic E-state index is -0.175. The van der Waals surface area contributed by atoms with Crippen LogP contribution in [0.15, 0.2) is 91.0 Å². The first-order valence-electron chi connectivity index (χ1n) is 8.48. The number of benzene rings is 3. The highest BCUT2D eigenvalue weighted by Crippen LogP contribution is 2.50. The highest BCUT2D eigenvalue weighted by molar-refractivity contribution is 8.00. The Morgan fingerprint density at radius 3 is 1.92 bits per heavy atom. The van der Waals surface area contributed by atoms with Crippen LogP contribution in [0.4, 0.5) is 4.39 Å². The highest BCUT2D eigenvalue weighted by atomic mass is 32.2. The number of allylic oxidation sites excluding steroid dienone is 1. The van der Waals surface area contributed by atoms with Crippen LogP contribution in [-0.4, -0.2) is 5.75 Å². The average molecular weight is 346 g/mol. The standard InChI is InChI=1S/C23H19FS/c24-22-13-7-8-18(16-22)19-14-15-23(25-17-19,20-9-3-1-4-10-20)21-11-5-2-6-12-21/h1-14,16H,15,17H2. The molecule has 0 spiro atoms. The maximum atomic E-state index is 13.6. The van der Waals surface area contributed by atoms with Crippen LogP contribution in [-0.2, 0) is 4.75 Å². The van der Waals surface area contributed by atoms with Gasteiger partial charge in [-0.15, -0.1) is 11.8 Å². The van der Waals surface area contributed by atoms with Gasteiger partial charge >= 0.3 is 0 Å². The van der Waals surface area contributed by atoms with E-state index < -0.39 is 0 Å². The molecule has 2 heteroatoms. The van der Waals surface area contributed by atoms with E-state index in [2.05, 4.69) is 66.7 Å². The Balaban J connectivity index is 1.75. The lowest BCUT2D eigenvalue weighted by Gasteiger charge is -2.37. The van der Waals surface area contributed by atoms with Crippen molar-refractivity contribution in [2.75, 3.05) is 5.75 Å². The largest absolute Gasteiger partial charge is 0.207 e. The summed E-state index contributed by atoms with van der Waals surface area (Å²) in [6.45, 7) is 0. The Kier molecular flexibility index (Phi) is 4.46. The minimum Gasteiger partial charge on any atom is -0.207 e. The van der Waals surface area contributed by atoms with E-state index in [1.54, 1.807) is 12.1 Å². The van der Waals surface area contributed by atoms with Crippen molar-refractivity contribution in [3.63, 3.8) is 0 Å². The highest BCUT2D eigenvalue weighted by Gasteiger charge is 2.36. The predicted molar refractivity (Wildman–Crippen MR) is 105 cm³/mol. The minimum absolute atomic E-state index is 0.0840. The zero-order valence-electron chi connectivity index (χ0n) is 13.9. The molecule has 1 heterocycles. The smallest absolute Gasteiger partial charge is 0.123 e. The summed E-state index contributed by atoms with van der Waals surface area (Å²) in [7, 11) is 0. The van der Waals surface area contributed by atoms with E-state index in [-0.39, 0.29) is 10.6 Å². The van der Waals surface area contributed by atoms with Crippen LogP contribution in [0.25, 0.3) is 5.57 Å². The van der Waals surface area contributed by atoms with Gasteiger partial charge in [0, 0.05) is 5.75 Å². The predicted octanol–water partition coefficient (Wildman–Crippen LogP) is 6.29. The third kappa shape index (κ3) is 3.14. The monoisotopic (exact) mass is 346 g/mol. The fourth-order valence-corrected chi connectivity index (χ4v) is 4.95. The first kappa shape index (κ1) is 16.2. The van der Waals surface area contributed by atoms with Crippen molar-refractivity contribution in [2.24, 2.45) is 0 Å². The van der Waals surface area contributed by atoms with Crippen LogP contribution in [0.5, 0.6) is 0 Å². The van der Waals surface area contributed by atoms with Crippen LogP contribution in [0.1, 0.15) is 23.1 Å². The van der Waals surface area contributed by atoms with E-state index in [0.29, 0.717) is 0 Å². The zero-order chi connectivity index (χ0) is 17.1. The maximum Gasteiger partial charge on any atom is 0.123 e. The van der Waals surface area contributed by atoms with Crippen molar-refractivity contribution in [2.45, 2.75) is 11.2 Å². The van der Waals surface area contributed by atoms with Gasteiger partial charge in [0.25, 0.3) is 0 Å². The van der Waals surface area contributed by atoms with Crippen LogP contribution in [0.2, 0.25) is 0 Å². The topological polar surface area (TPSA) is 0 Å². The van der Waals surface area contributed by atoms with Gasteiger partial charge in [-0.3, -0.25) is 0 Å². The maximum absolute atomic E-state index is 13.6. The van der Waals surface area contributed by atoms with E-state index in [1.165, 1.54) is 22.8 Å². The molecule has 0 nitrogen and oxygen atoms in total. The molecule has 0 aliphatic carbocycles. The molecule has 0 atom stereocenters. The molecule has 1 aliphatic heterocycles. The van der Waals surface area contributed by atoms with Crippen molar-refractivity contribution in [3.05, 3.63) is 114 Å². The summed E-state index contributed by atoms with van der Waals surface area (Å²) in [5.74, 6) is 0.694. The second-order valence-corrected chi connectivity index (χ2v) is 7.57. The third-order valence-electron chi connectivity index (χ3n) is 4.79. The van der Waals surface area contributed by atoms with Crippen LogP contribution in [0.3, 0.4) is 0 Å². The van der Waals surface area contributed by atoms with Crippen LogP contribution >= 0.6 is 11.8 Å². The van der Waals surface area contributed by atoms with Gasteiger partial charge in [0.2, 0.25) is 0 Å². The lowest BCUT2D eigenvalue weighted by Crippen LogP contribution is -2.26. The van der Waals surface area contributed by atoms with Gasteiger partial charge < -0.3 is 0 Å². The molecule has 0 radical (unpaired) electrons. The van der Waals surface area contributed by atoms with Gasteiger partial charge in [-0.2, -0.15) is 0 Å². The Labute approximate surface area is 152 Å². The molecule has 0 saturated carbocycles. The van der Waals surface area contributed by atoms with Gasteiger partial charge in [0.05, 0.1) is 4.75 Å². The Bertz CT molecular complexity index is 845. The molecular formula is C23H19FS. The summed E-state index contributed by atoms with van der Waals surface area (Å²) in [4.78, 5) is 0. The molecule has 124 valence electrons.